The van der Waals surface area contributed by atoms with Gasteiger partial charge in [0, 0.05) is 18.2 Å². The monoisotopic (exact) mass is 264 g/mol. The van der Waals surface area contributed by atoms with Gasteiger partial charge in [-0.2, -0.15) is 0 Å². The highest BCUT2D eigenvalue weighted by atomic mass is 16.5. The molecule has 1 saturated carbocycles. The minimum Gasteiger partial charge on any atom is -0.497 e. The summed E-state index contributed by atoms with van der Waals surface area (Å²) in [6.07, 6.45) is 2.60. The summed E-state index contributed by atoms with van der Waals surface area (Å²) in [6.45, 7) is 0.932. The molecule has 0 aromatic heterocycles. The third-order valence-electron chi connectivity index (χ3n) is 3.60. The first kappa shape index (κ1) is 14.2. The van der Waals surface area contributed by atoms with Gasteiger partial charge in [0.25, 0.3) is 0 Å². The van der Waals surface area contributed by atoms with Crippen molar-refractivity contribution in [1.82, 2.24) is 10.2 Å². The lowest BCUT2D eigenvalue weighted by Crippen LogP contribution is -2.32. The number of ether oxygens (including phenoxy) is 2. The van der Waals surface area contributed by atoms with E-state index in [0.29, 0.717) is 6.04 Å². The number of hydrogen-bond donors (Lipinski definition) is 1. The Kier molecular flexibility index (Phi) is 4.66. The minimum absolute atomic E-state index is 0.283. The number of nitrogens with zero attached hydrogens (tertiary/aromatic N) is 1. The number of rotatable bonds is 7. The summed E-state index contributed by atoms with van der Waals surface area (Å²) in [4.78, 5) is 2.21. The van der Waals surface area contributed by atoms with Crippen LogP contribution in [0.25, 0.3) is 0 Å². The van der Waals surface area contributed by atoms with Gasteiger partial charge >= 0.3 is 0 Å². The summed E-state index contributed by atoms with van der Waals surface area (Å²) in [5.41, 5.74) is 1.17. The molecule has 4 heteroatoms. The number of nitrogens with one attached hydrogen (secondary N) is 1. The van der Waals surface area contributed by atoms with Crippen LogP contribution in [0.4, 0.5) is 0 Å². The van der Waals surface area contributed by atoms with Crippen molar-refractivity contribution in [3.05, 3.63) is 23.8 Å². The highest BCUT2D eigenvalue weighted by molar-refractivity contribution is 5.42. The molecule has 1 atom stereocenters. The fourth-order valence-corrected chi connectivity index (χ4v) is 2.24. The predicted molar refractivity (Wildman–Crippen MR) is 77.0 cm³/mol. The van der Waals surface area contributed by atoms with Gasteiger partial charge in [0.05, 0.1) is 20.3 Å². The number of hydrogen-bond acceptors (Lipinski definition) is 4. The van der Waals surface area contributed by atoms with Gasteiger partial charge in [-0.3, -0.25) is 0 Å². The van der Waals surface area contributed by atoms with E-state index in [1.54, 1.807) is 14.2 Å². The molecule has 0 bridgehead atoms. The van der Waals surface area contributed by atoms with Crippen molar-refractivity contribution in [2.24, 2.45) is 0 Å². The topological polar surface area (TPSA) is 33.7 Å². The summed E-state index contributed by atoms with van der Waals surface area (Å²) >= 11 is 0. The molecule has 0 radical (unpaired) electrons. The smallest absolute Gasteiger partial charge is 0.123 e. The quantitative estimate of drug-likeness (QED) is 0.817. The Bertz CT molecular complexity index is 417. The van der Waals surface area contributed by atoms with Crippen LogP contribution in [0.3, 0.4) is 0 Å². The molecular weight excluding hydrogens is 240 g/mol. The van der Waals surface area contributed by atoms with Gasteiger partial charge in [-0.05, 0) is 45.1 Å². The van der Waals surface area contributed by atoms with E-state index in [4.69, 9.17) is 9.47 Å². The summed E-state index contributed by atoms with van der Waals surface area (Å²) < 4.78 is 10.8. The van der Waals surface area contributed by atoms with Crippen molar-refractivity contribution in [3.8, 4) is 11.5 Å². The van der Waals surface area contributed by atoms with Crippen molar-refractivity contribution in [2.75, 3.05) is 34.9 Å². The van der Waals surface area contributed by atoms with Gasteiger partial charge < -0.3 is 19.7 Å². The van der Waals surface area contributed by atoms with Crippen LogP contribution in [0, 0.1) is 0 Å². The van der Waals surface area contributed by atoms with E-state index in [2.05, 4.69) is 30.4 Å². The van der Waals surface area contributed by atoms with Crippen LogP contribution in [-0.2, 0) is 0 Å². The standard InChI is InChI=1S/C15H24N2O2/c1-17(2)14(10-16-11-5-6-11)13-9-12(18-3)7-8-15(13)19-4/h7-9,11,14,16H,5-6,10H2,1-4H3. The van der Waals surface area contributed by atoms with Crippen LogP contribution in [0.15, 0.2) is 18.2 Å². The van der Waals surface area contributed by atoms with E-state index in [1.807, 2.05) is 12.1 Å². The fourth-order valence-electron chi connectivity index (χ4n) is 2.24. The molecule has 0 aliphatic heterocycles. The molecule has 1 aromatic carbocycles. The van der Waals surface area contributed by atoms with Crippen LogP contribution in [0.1, 0.15) is 24.4 Å². The predicted octanol–water partition coefficient (Wildman–Crippen LogP) is 2.06. The third-order valence-corrected chi connectivity index (χ3v) is 3.60. The third kappa shape index (κ3) is 3.61. The Balaban J connectivity index is 2.21. The molecule has 1 unspecified atom stereocenters. The van der Waals surface area contributed by atoms with Gasteiger partial charge in [0.1, 0.15) is 11.5 Å². The molecule has 1 aliphatic carbocycles. The Morgan fingerprint density at radius 1 is 1.26 bits per heavy atom. The lowest BCUT2D eigenvalue weighted by atomic mass is 10.0. The second kappa shape index (κ2) is 6.26. The number of methoxy groups -OCH3 is 2. The van der Waals surface area contributed by atoms with Crippen LogP contribution in [0.2, 0.25) is 0 Å². The van der Waals surface area contributed by atoms with Crippen LogP contribution in [-0.4, -0.2) is 45.8 Å². The molecule has 1 aliphatic rings. The van der Waals surface area contributed by atoms with Crippen LogP contribution in [0.5, 0.6) is 11.5 Å². The Labute approximate surface area is 115 Å². The maximum absolute atomic E-state index is 5.49. The second-order valence-corrected chi connectivity index (χ2v) is 5.27. The van der Waals surface area contributed by atoms with Gasteiger partial charge in [0.2, 0.25) is 0 Å². The Hall–Kier alpha value is -1.26. The highest BCUT2D eigenvalue weighted by Crippen LogP contribution is 2.32. The molecule has 0 spiro atoms. The van der Waals surface area contributed by atoms with Crippen molar-refractivity contribution in [1.29, 1.82) is 0 Å². The molecule has 0 saturated heterocycles. The number of likely N-dealkylation sites (N-methyl/N-ethyl adjacent to an activating group) is 1. The average Bonchev–Trinajstić information content (AvgIpc) is 3.22. The lowest BCUT2D eigenvalue weighted by molar-refractivity contribution is 0.277. The summed E-state index contributed by atoms with van der Waals surface area (Å²) in [5, 5.41) is 3.59. The van der Waals surface area contributed by atoms with Crippen LogP contribution >= 0.6 is 0 Å². The van der Waals surface area contributed by atoms with Gasteiger partial charge in [-0.25, -0.2) is 0 Å². The SMILES string of the molecule is COc1ccc(OC)c(C(CNC2CC2)N(C)C)c1. The first-order chi connectivity index (χ1) is 9.15. The molecule has 1 fully saturated rings. The first-order valence-corrected chi connectivity index (χ1v) is 6.77. The highest BCUT2D eigenvalue weighted by Gasteiger charge is 2.25. The minimum atomic E-state index is 0.283. The van der Waals surface area contributed by atoms with E-state index in [1.165, 1.54) is 18.4 Å². The van der Waals surface area contributed by atoms with E-state index in [-0.39, 0.29) is 6.04 Å². The molecule has 19 heavy (non-hydrogen) atoms. The Morgan fingerprint density at radius 3 is 2.53 bits per heavy atom. The normalized spacial score (nSPS) is 16.5. The zero-order chi connectivity index (χ0) is 13.8. The zero-order valence-corrected chi connectivity index (χ0v) is 12.3. The fraction of sp³-hybridized carbons (Fsp3) is 0.600. The largest absolute Gasteiger partial charge is 0.497 e. The zero-order valence-electron chi connectivity index (χ0n) is 12.3. The van der Waals surface area contributed by atoms with Gasteiger partial charge in [-0.15, -0.1) is 0 Å². The van der Waals surface area contributed by atoms with Crippen molar-refractivity contribution >= 4 is 0 Å². The summed E-state index contributed by atoms with van der Waals surface area (Å²) in [6, 6.07) is 6.97. The van der Waals surface area contributed by atoms with Crippen molar-refractivity contribution in [2.45, 2.75) is 24.9 Å². The van der Waals surface area contributed by atoms with Gasteiger partial charge in [-0.1, -0.05) is 0 Å². The second-order valence-electron chi connectivity index (χ2n) is 5.27. The number of benzene rings is 1. The van der Waals surface area contributed by atoms with Crippen molar-refractivity contribution < 1.29 is 9.47 Å². The van der Waals surface area contributed by atoms with E-state index in [9.17, 15) is 0 Å². The molecule has 1 aromatic rings. The molecule has 1 N–H and O–H groups in total. The molecule has 2 rings (SSSR count). The molecular formula is C15H24N2O2. The molecule has 4 nitrogen and oxygen atoms in total. The molecule has 0 heterocycles. The van der Waals surface area contributed by atoms with E-state index in [0.717, 1.165) is 18.0 Å². The maximum Gasteiger partial charge on any atom is 0.123 e. The van der Waals surface area contributed by atoms with E-state index < -0.39 is 0 Å². The molecule has 106 valence electrons. The summed E-state index contributed by atoms with van der Waals surface area (Å²) in [5.74, 6) is 1.78. The van der Waals surface area contributed by atoms with E-state index >= 15 is 0 Å². The van der Waals surface area contributed by atoms with Gasteiger partial charge in [0.15, 0.2) is 0 Å². The average molecular weight is 264 g/mol. The summed E-state index contributed by atoms with van der Waals surface area (Å²) in [7, 11) is 7.60. The maximum atomic E-state index is 5.49. The first-order valence-electron chi connectivity index (χ1n) is 6.77. The molecule has 0 amide bonds. The lowest BCUT2D eigenvalue weighted by Gasteiger charge is -2.27. The van der Waals surface area contributed by atoms with Crippen LogP contribution < -0.4 is 14.8 Å². The van der Waals surface area contributed by atoms with Crippen molar-refractivity contribution in [3.63, 3.8) is 0 Å². The Morgan fingerprint density at radius 2 is 2.00 bits per heavy atom.